The van der Waals surface area contributed by atoms with Crippen molar-refractivity contribution in [3.8, 4) is 11.9 Å². The first-order chi connectivity index (χ1) is 18.3. The van der Waals surface area contributed by atoms with Crippen LogP contribution in [0.3, 0.4) is 0 Å². The van der Waals surface area contributed by atoms with E-state index >= 15 is 0 Å². The lowest BCUT2D eigenvalue weighted by atomic mass is 9.99. The predicted octanol–water partition coefficient (Wildman–Crippen LogP) is 7.31. The predicted molar refractivity (Wildman–Crippen MR) is 151 cm³/mol. The van der Waals surface area contributed by atoms with Gasteiger partial charge in [-0.25, -0.2) is 0 Å². The highest BCUT2D eigenvalue weighted by molar-refractivity contribution is 5.98. The third-order valence-corrected chi connectivity index (χ3v) is 7.25. The Morgan fingerprint density at radius 2 is 1.68 bits per heavy atom. The molecule has 2 rings (SSSR count). The summed E-state index contributed by atoms with van der Waals surface area (Å²) in [5, 5.41) is 32.0. The molecule has 1 amide bonds. The Labute approximate surface area is 226 Å². The third kappa shape index (κ3) is 8.01. The van der Waals surface area contributed by atoms with E-state index in [9.17, 15) is 20.0 Å². The highest BCUT2D eigenvalue weighted by Crippen LogP contribution is 2.29. The Kier molecular flexibility index (Phi) is 12.7. The van der Waals surface area contributed by atoms with E-state index in [1.807, 2.05) is 6.07 Å². The SMILES string of the molecule is CCCCC(CC)CNC(=O)c1ccccc1N=Nc1c(C)c(C#N)c(O)n(CC(CC)CCCC)c1=O. The van der Waals surface area contributed by atoms with Gasteiger partial charge < -0.3 is 10.4 Å². The maximum atomic E-state index is 13.4. The largest absolute Gasteiger partial charge is 0.493 e. The van der Waals surface area contributed by atoms with Gasteiger partial charge >= 0.3 is 0 Å². The number of aromatic nitrogens is 1. The molecule has 1 heterocycles. The van der Waals surface area contributed by atoms with Crippen LogP contribution in [0.5, 0.6) is 5.88 Å². The van der Waals surface area contributed by atoms with Gasteiger partial charge in [-0.15, -0.1) is 10.2 Å². The van der Waals surface area contributed by atoms with Crippen molar-refractivity contribution >= 4 is 17.3 Å². The van der Waals surface area contributed by atoms with Crippen molar-refractivity contribution in [1.82, 2.24) is 9.88 Å². The van der Waals surface area contributed by atoms with Gasteiger partial charge in [0.2, 0.25) is 5.88 Å². The van der Waals surface area contributed by atoms with Crippen molar-refractivity contribution in [3.05, 3.63) is 51.3 Å². The average molecular weight is 522 g/mol. The molecule has 8 heteroatoms. The number of benzene rings is 1. The third-order valence-electron chi connectivity index (χ3n) is 7.25. The van der Waals surface area contributed by atoms with Crippen molar-refractivity contribution in [2.45, 2.75) is 92.5 Å². The lowest BCUT2D eigenvalue weighted by molar-refractivity contribution is 0.0946. The number of aromatic hydroxyl groups is 1. The van der Waals surface area contributed by atoms with Gasteiger partial charge in [0.1, 0.15) is 11.6 Å². The van der Waals surface area contributed by atoms with Crippen molar-refractivity contribution < 1.29 is 9.90 Å². The van der Waals surface area contributed by atoms with E-state index in [-0.39, 0.29) is 34.5 Å². The van der Waals surface area contributed by atoms with E-state index in [1.165, 1.54) is 4.57 Å². The summed E-state index contributed by atoms with van der Waals surface area (Å²) >= 11 is 0. The molecule has 2 atom stereocenters. The number of azo groups is 1. The van der Waals surface area contributed by atoms with E-state index < -0.39 is 5.56 Å². The van der Waals surface area contributed by atoms with Crippen LogP contribution in [0, 0.1) is 30.1 Å². The number of nitrogens with one attached hydrogen (secondary N) is 1. The molecule has 0 aliphatic carbocycles. The van der Waals surface area contributed by atoms with Gasteiger partial charge in [-0.1, -0.05) is 78.4 Å². The lowest BCUT2D eigenvalue weighted by Crippen LogP contribution is -2.29. The highest BCUT2D eigenvalue weighted by atomic mass is 16.3. The van der Waals surface area contributed by atoms with Crippen LogP contribution < -0.4 is 10.9 Å². The Balaban J connectivity index is 2.40. The average Bonchev–Trinajstić information content (AvgIpc) is 2.93. The minimum Gasteiger partial charge on any atom is -0.493 e. The van der Waals surface area contributed by atoms with Gasteiger partial charge in [-0.2, -0.15) is 5.26 Å². The number of hydrogen-bond donors (Lipinski definition) is 2. The molecule has 206 valence electrons. The number of carbonyl (C=O) groups is 1. The second-order valence-electron chi connectivity index (χ2n) is 9.96. The molecule has 0 saturated heterocycles. The van der Waals surface area contributed by atoms with Crippen LogP contribution in [0.4, 0.5) is 11.4 Å². The second kappa shape index (κ2) is 15.7. The Morgan fingerprint density at radius 3 is 2.29 bits per heavy atom. The highest BCUT2D eigenvalue weighted by Gasteiger charge is 2.21. The van der Waals surface area contributed by atoms with Crippen molar-refractivity contribution in [3.63, 3.8) is 0 Å². The number of pyridine rings is 1. The molecule has 0 aliphatic heterocycles. The van der Waals surface area contributed by atoms with Crippen LogP contribution >= 0.6 is 0 Å². The Morgan fingerprint density at radius 1 is 1.05 bits per heavy atom. The topological polar surface area (TPSA) is 120 Å². The van der Waals surface area contributed by atoms with Gasteiger partial charge in [0.15, 0.2) is 5.69 Å². The van der Waals surface area contributed by atoms with Crippen LogP contribution in [0.25, 0.3) is 0 Å². The molecule has 0 aliphatic rings. The molecule has 8 nitrogen and oxygen atoms in total. The number of nitriles is 1. The fourth-order valence-corrected chi connectivity index (χ4v) is 4.53. The van der Waals surface area contributed by atoms with E-state index in [0.29, 0.717) is 30.3 Å². The summed E-state index contributed by atoms with van der Waals surface area (Å²) < 4.78 is 1.24. The maximum absolute atomic E-state index is 13.4. The number of amides is 1. The fraction of sp³-hybridized carbons (Fsp3) is 0.567. The minimum absolute atomic E-state index is 0.00705. The monoisotopic (exact) mass is 521 g/mol. The summed E-state index contributed by atoms with van der Waals surface area (Å²) in [4.78, 5) is 26.4. The first-order valence-corrected chi connectivity index (χ1v) is 14.0. The van der Waals surface area contributed by atoms with Crippen LogP contribution in [-0.2, 0) is 6.54 Å². The standard InChI is InChI=1S/C30H43N5O3/c1-6-10-14-22(8-3)19-32-28(36)24-16-12-13-17-26(24)33-34-27-21(5)25(18-31)29(37)35(30(27)38)20-23(9-4)15-11-7-2/h12-13,16-17,22-23,37H,6-11,14-15,19-20H2,1-5H3,(H,32,36). The number of nitrogens with zero attached hydrogens (tertiary/aromatic N) is 4. The Bertz CT molecular complexity index is 1200. The number of rotatable bonds is 15. The van der Waals surface area contributed by atoms with Crippen LogP contribution in [0.1, 0.15) is 101 Å². The first kappa shape index (κ1) is 30.8. The normalized spacial score (nSPS) is 12.8. The quantitative estimate of drug-likeness (QED) is 0.239. The molecule has 0 saturated carbocycles. The molecule has 38 heavy (non-hydrogen) atoms. The van der Waals surface area contributed by atoms with E-state index in [0.717, 1.165) is 51.4 Å². The zero-order chi connectivity index (χ0) is 28.1. The smallest absolute Gasteiger partial charge is 0.281 e. The number of hydrogen-bond acceptors (Lipinski definition) is 6. The molecular weight excluding hydrogens is 478 g/mol. The summed E-state index contributed by atoms with van der Waals surface area (Å²) in [5.74, 6) is 0.0248. The van der Waals surface area contributed by atoms with Crippen LogP contribution in [0.2, 0.25) is 0 Å². The van der Waals surface area contributed by atoms with E-state index in [1.54, 1.807) is 31.2 Å². The molecule has 2 aromatic rings. The first-order valence-electron chi connectivity index (χ1n) is 14.0. The van der Waals surface area contributed by atoms with Gasteiger partial charge in [0, 0.05) is 18.7 Å². The molecule has 0 radical (unpaired) electrons. The summed E-state index contributed by atoms with van der Waals surface area (Å²) in [6, 6.07) is 8.87. The summed E-state index contributed by atoms with van der Waals surface area (Å²) in [6.45, 7) is 10.9. The summed E-state index contributed by atoms with van der Waals surface area (Å²) in [7, 11) is 0. The Hall–Kier alpha value is -3.47. The number of carbonyl (C=O) groups excluding carboxylic acids is 1. The minimum atomic E-state index is -0.499. The molecule has 1 aromatic heterocycles. The molecule has 0 bridgehead atoms. The molecule has 0 spiro atoms. The van der Waals surface area contributed by atoms with E-state index in [2.05, 4.69) is 43.2 Å². The lowest BCUT2D eigenvalue weighted by Gasteiger charge is -2.19. The van der Waals surface area contributed by atoms with Crippen molar-refractivity contribution in [2.24, 2.45) is 22.1 Å². The molecule has 0 fully saturated rings. The molecular formula is C30H43N5O3. The summed E-state index contributed by atoms with van der Waals surface area (Å²) in [6.07, 6.45) is 8.14. The van der Waals surface area contributed by atoms with Crippen LogP contribution in [0.15, 0.2) is 39.3 Å². The van der Waals surface area contributed by atoms with Gasteiger partial charge in [0.05, 0.1) is 11.3 Å². The fourth-order valence-electron chi connectivity index (χ4n) is 4.53. The molecule has 1 aromatic carbocycles. The zero-order valence-corrected chi connectivity index (χ0v) is 23.6. The van der Waals surface area contributed by atoms with E-state index in [4.69, 9.17) is 0 Å². The second-order valence-corrected chi connectivity index (χ2v) is 9.96. The van der Waals surface area contributed by atoms with Crippen molar-refractivity contribution in [2.75, 3.05) is 6.54 Å². The van der Waals surface area contributed by atoms with Gasteiger partial charge in [-0.3, -0.25) is 14.2 Å². The maximum Gasteiger partial charge on any atom is 0.281 e. The molecule has 2 unspecified atom stereocenters. The molecule has 2 N–H and O–H groups in total. The van der Waals surface area contributed by atoms with Gasteiger partial charge in [0.25, 0.3) is 11.5 Å². The summed E-state index contributed by atoms with van der Waals surface area (Å²) in [5.41, 5.74) is 0.460. The number of unbranched alkanes of at least 4 members (excludes halogenated alkanes) is 2. The van der Waals surface area contributed by atoms with Crippen molar-refractivity contribution in [1.29, 1.82) is 5.26 Å². The van der Waals surface area contributed by atoms with Gasteiger partial charge in [-0.05, 0) is 43.7 Å². The van der Waals surface area contributed by atoms with Crippen LogP contribution in [-0.4, -0.2) is 22.1 Å². The zero-order valence-electron chi connectivity index (χ0n) is 23.6.